The quantitative estimate of drug-likeness (QED) is 0.878. The monoisotopic (exact) mass is 231 g/mol. The topological polar surface area (TPSA) is 51.0 Å². The van der Waals surface area contributed by atoms with Gasteiger partial charge in [0.2, 0.25) is 0 Å². The molecule has 0 saturated heterocycles. The van der Waals surface area contributed by atoms with Crippen LogP contribution in [0, 0.1) is 13.8 Å². The van der Waals surface area contributed by atoms with Gasteiger partial charge >= 0.3 is 0 Å². The van der Waals surface area contributed by atoms with Crippen molar-refractivity contribution in [3.05, 3.63) is 29.9 Å². The van der Waals surface area contributed by atoms with Crippen molar-refractivity contribution in [3.63, 3.8) is 0 Å². The third kappa shape index (κ3) is 2.46. The Bertz CT molecular complexity index is 492. The molecule has 0 aliphatic carbocycles. The first-order chi connectivity index (χ1) is 8.22. The summed E-state index contributed by atoms with van der Waals surface area (Å²) in [6, 6.07) is 1.87. The molecule has 4 nitrogen and oxygen atoms in total. The van der Waals surface area contributed by atoms with Crippen LogP contribution in [0.4, 0.5) is 5.82 Å². The van der Waals surface area contributed by atoms with E-state index in [9.17, 15) is 0 Å². The molecular formula is C13H17N3O. The van der Waals surface area contributed by atoms with Crippen molar-refractivity contribution >= 4 is 5.82 Å². The highest BCUT2D eigenvalue weighted by Crippen LogP contribution is 2.21. The summed E-state index contributed by atoms with van der Waals surface area (Å²) in [6.45, 7) is 7.08. The number of nitrogens with zero attached hydrogens (tertiary/aromatic N) is 2. The summed E-state index contributed by atoms with van der Waals surface area (Å²) in [4.78, 5) is 9.00. The second-order valence-corrected chi connectivity index (χ2v) is 4.05. The van der Waals surface area contributed by atoms with Gasteiger partial charge in [-0.1, -0.05) is 6.92 Å². The molecule has 0 aliphatic heterocycles. The molecule has 0 fully saturated rings. The molecule has 4 heteroatoms. The minimum atomic E-state index is 0.709. The predicted molar refractivity (Wildman–Crippen MR) is 68.0 cm³/mol. The summed E-state index contributed by atoms with van der Waals surface area (Å²) >= 11 is 0. The van der Waals surface area contributed by atoms with E-state index < -0.39 is 0 Å². The lowest BCUT2D eigenvalue weighted by Gasteiger charge is -2.10. The molecule has 0 radical (unpaired) electrons. The molecule has 0 aromatic carbocycles. The molecule has 2 aromatic heterocycles. The van der Waals surface area contributed by atoms with Crippen LogP contribution in [0.3, 0.4) is 0 Å². The average molecular weight is 231 g/mol. The zero-order valence-corrected chi connectivity index (χ0v) is 10.4. The molecule has 1 N–H and O–H groups in total. The zero-order valence-electron chi connectivity index (χ0n) is 10.4. The SMILES string of the molecule is CCCNc1nc(-c2ccoc2)nc(C)c1C. The van der Waals surface area contributed by atoms with E-state index in [0.29, 0.717) is 5.82 Å². The van der Waals surface area contributed by atoms with E-state index in [4.69, 9.17) is 4.42 Å². The molecule has 0 unspecified atom stereocenters. The van der Waals surface area contributed by atoms with Crippen LogP contribution in [-0.4, -0.2) is 16.5 Å². The molecule has 0 spiro atoms. The Morgan fingerprint density at radius 1 is 1.29 bits per heavy atom. The first-order valence-corrected chi connectivity index (χ1v) is 5.84. The minimum absolute atomic E-state index is 0.709. The fourth-order valence-corrected chi connectivity index (χ4v) is 1.57. The van der Waals surface area contributed by atoms with Gasteiger partial charge in [0, 0.05) is 17.8 Å². The molecule has 2 rings (SSSR count). The maximum Gasteiger partial charge on any atom is 0.165 e. The van der Waals surface area contributed by atoms with Gasteiger partial charge in [0.15, 0.2) is 5.82 Å². The molecule has 0 atom stereocenters. The first kappa shape index (κ1) is 11.6. The van der Waals surface area contributed by atoms with Crippen LogP contribution >= 0.6 is 0 Å². The van der Waals surface area contributed by atoms with Crippen molar-refractivity contribution in [2.45, 2.75) is 27.2 Å². The van der Waals surface area contributed by atoms with Gasteiger partial charge in [-0.25, -0.2) is 9.97 Å². The summed E-state index contributed by atoms with van der Waals surface area (Å²) < 4.78 is 5.06. The highest BCUT2D eigenvalue weighted by molar-refractivity contribution is 5.58. The van der Waals surface area contributed by atoms with E-state index in [0.717, 1.165) is 35.6 Å². The number of anilines is 1. The lowest BCUT2D eigenvalue weighted by molar-refractivity contribution is 0.568. The van der Waals surface area contributed by atoms with Crippen molar-refractivity contribution < 1.29 is 4.42 Å². The predicted octanol–water partition coefficient (Wildman–Crippen LogP) is 3.18. The number of hydrogen-bond acceptors (Lipinski definition) is 4. The Balaban J connectivity index is 2.39. The Morgan fingerprint density at radius 2 is 2.12 bits per heavy atom. The van der Waals surface area contributed by atoms with Gasteiger partial charge in [0.25, 0.3) is 0 Å². The molecule has 0 bridgehead atoms. The van der Waals surface area contributed by atoms with Crippen LogP contribution < -0.4 is 5.32 Å². The molecule has 0 aliphatic rings. The summed E-state index contributed by atoms with van der Waals surface area (Å²) in [6.07, 6.45) is 4.37. The zero-order chi connectivity index (χ0) is 12.3. The average Bonchev–Trinajstić information content (AvgIpc) is 2.84. The first-order valence-electron chi connectivity index (χ1n) is 5.84. The third-order valence-corrected chi connectivity index (χ3v) is 2.71. The maximum absolute atomic E-state index is 5.06. The number of rotatable bonds is 4. The van der Waals surface area contributed by atoms with Crippen LogP contribution in [0.25, 0.3) is 11.4 Å². The van der Waals surface area contributed by atoms with Crippen molar-refractivity contribution in [3.8, 4) is 11.4 Å². The summed E-state index contributed by atoms with van der Waals surface area (Å²) in [5.41, 5.74) is 3.01. The van der Waals surface area contributed by atoms with E-state index in [1.807, 2.05) is 19.9 Å². The van der Waals surface area contributed by atoms with Gasteiger partial charge in [0.1, 0.15) is 12.1 Å². The fourth-order valence-electron chi connectivity index (χ4n) is 1.57. The van der Waals surface area contributed by atoms with Crippen molar-refractivity contribution in [1.29, 1.82) is 0 Å². The highest BCUT2D eigenvalue weighted by atomic mass is 16.3. The minimum Gasteiger partial charge on any atom is -0.472 e. The molecule has 0 amide bonds. The number of aromatic nitrogens is 2. The lowest BCUT2D eigenvalue weighted by atomic mass is 10.2. The van der Waals surface area contributed by atoms with Gasteiger partial charge in [-0.15, -0.1) is 0 Å². The van der Waals surface area contributed by atoms with Gasteiger partial charge < -0.3 is 9.73 Å². The van der Waals surface area contributed by atoms with E-state index >= 15 is 0 Å². The summed E-state index contributed by atoms with van der Waals surface area (Å²) in [5, 5.41) is 3.32. The highest BCUT2D eigenvalue weighted by Gasteiger charge is 2.09. The molecule has 90 valence electrons. The lowest BCUT2D eigenvalue weighted by Crippen LogP contribution is -2.07. The van der Waals surface area contributed by atoms with Crippen LogP contribution in [0.15, 0.2) is 23.0 Å². The van der Waals surface area contributed by atoms with Crippen molar-refractivity contribution in [2.75, 3.05) is 11.9 Å². The second-order valence-electron chi connectivity index (χ2n) is 4.05. The Kier molecular flexibility index (Phi) is 3.42. The Labute approximate surface area is 101 Å². The van der Waals surface area contributed by atoms with Gasteiger partial charge in [-0.05, 0) is 26.3 Å². The molecular weight excluding hydrogens is 214 g/mol. The third-order valence-electron chi connectivity index (χ3n) is 2.71. The molecule has 0 saturated carbocycles. The fraction of sp³-hybridized carbons (Fsp3) is 0.385. The number of hydrogen-bond donors (Lipinski definition) is 1. The van der Waals surface area contributed by atoms with E-state index in [1.54, 1.807) is 12.5 Å². The Morgan fingerprint density at radius 3 is 2.76 bits per heavy atom. The summed E-state index contributed by atoms with van der Waals surface area (Å²) in [5.74, 6) is 1.62. The van der Waals surface area contributed by atoms with E-state index in [2.05, 4.69) is 22.2 Å². The molecule has 17 heavy (non-hydrogen) atoms. The smallest absolute Gasteiger partial charge is 0.165 e. The van der Waals surface area contributed by atoms with Gasteiger partial charge in [-0.2, -0.15) is 0 Å². The normalized spacial score (nSPS) is 10.5. The number of aryl methyl sites for hydroxylation is 1. The molecule has 2 aromatic rings. The molecule has 2 heterocycles. The van der Waals surface area contributed by atoms with Crippen LogP contribution in [0.2, 0.25) is 0 Å². The van der Waals surface area contributed by atoms with E-state index in [-0.39, 0.29) is 0 Å². The van der Waals surface area contributed by atoms with Gasteiger partial charge in [-0.3, -0.25) is 0 Å². The number of furan rings is 1. The van der Waals surface area contributed by atoms with Crippen LogP contribution in [-0.2, 0) is 0 Å². The largest absolute Gasteiger partial charge is 0.472 e. The number of nitrogens with one attached hydrogen (secondary N) is 1. The Hall–Kier alpha value is -1.84. The van der Waals surface area contributed by atoms with Crippen LogP contribution in [0.1, 0.15) is 24.6 Å². The maximum atomic E-state index is 5.06. The summed E-state index contributed by atoms with van der Waals surface area (Å²) in [7, 11) is 0. The van der Waals surface area contributed by atoms with Crippen molar-refractivity contribution in [1.82, 2.24) is 9.97 Å². The van der Waals surface area contributed by atoms with Gasteiger partial charge in [0.05, 0.1) is 11.8 Å². The van der Waals surface area contributed by atoms with Crippen molar-refractivity contribution in [2.24, 2.45) is 0 Å². The second kappa shape index (κ2) is 4.99. The van der Waals surface area contributed by atoms with Crippen LogP contribution in [0.5, 0.6) is 0 Å². The standard InChI is InChI=1S/C13H17N3O/c1-4-6-14-12-9(2)10(3)15-13(16-12)11-5-7-17-8-11/h5,7-8H,4,6H2,1-3H3,(H,14,15,16). The van der Waals surface area contributed by atoms with E-state index in [1.165, 1.54) is 0 Å².